The van der Waals surface area contributed by atoms with Crippen LogP contribution in [0.3, 0.4) is 0 Å². The van der Waals surface area contributed by atoms with Crippen LogP contribution in [0.5, 0.6) is 5.75 Å². The van der Waals surface area contributed by atoms with Gasteiger partial charge in [0.15, 0.2) is 0 Å². The molecule has 1 fully saturated rings. The highest BCUT2D eigenvalue weighted by Crippen LogP contribution is 2.33. The van der Waals surface area contributed by atoms with E-state index in [-0.39, 0.29) is 0 Å². The summed E-state index contributed by atoms with van der Waals surface area (Å²) in [5, 5.41) is 0. The zero-order valence-corrected chi connectivity index (χ0v) is 16.6. The molecule has 3 nitrogen and oxygen atoms in total. The Morgan fingerprint density at radius 2 is 1.38 bits per heavy atom. The summed E-state index contributed by atoms with van der Waals surface area (Å²) >= 11 is 0. The van der Waals surface area contributed by atoms with Crippen LogP contribution < -0.4 is 4.74 Å². The summed E-state index contributed by atoms with van der Waals surface area (Å²) in [6.07, 6.45) is 3.47. The van der Waals surface area contributed by atoms with E-state index in [1.807, 2.05) is 12.1 Å². The van der Waals surface area contributed by atoms with Crippen LogP contribution in [-0.2, 0) is 11.2 Å². The van der Waals surface area contributed by atoms with Crippen molar-refractivity contribution in [1.82, 2.24) is 4.90 Å². The van der Waals surface area contributed by atoms with Crippen molar-refractivity contribution in [2.45, 2.75) is 25.3 Å². The molecule has 1 aliphatic rings. The zero-order valence-electron chi connectivity index (χ0n) is 16.6. The SMILES string of the molecule is O=COc1ccc(CC2CCN(C(c3ccccc3)c3ccccc3)CC2)cc1. The largest absolute Gasteiger partial charge is 0.429 e. The van der Waals surface area contributed by atoms with Gasteiger partial charge >= 0.3 is 0 Å². The monoisotopic (exact) mass is 385 g/mol. The van der Waals surface area contributed by atoms with Gasteiger partial charge in [0.1, 0.15) is 5.75 Å². The Morgan fingerprint density at radius 3 is 1.90 bits per heavy atom. The molecule has 0 atom stereocenters. The predicted molar refractivity (Wildman–Crippen MR) is 116 cm³/mol. The summed E-state index contributed by atoms with van der Waals surface area (Å²) in [5.74, 6) is 1.29. The first-order valence-electron chi connectivity index (χ1n) is 10.4. The average Bonchev–Trinajstić information content (AvgIpc) is 2.78. The third-order valence-electron chi connectivity index (χ3n) is 5.88. The van der Waals surface area contributed by atoms with Gasteiger partial charge in [0, 0.05) is 0 Å². The summed E-state index contributed by atoms with van der Waals surface area (Å²) in [6, 6.07) is 29.9. The second kappa shape index (κ2) is 9.53. The number of likely N-dealkylation sites (tertiary alicyclic amines) is 1. The molecule has 0 bridgehead atoms. The van der Waals surface area contributed by atoms with Crippen LogP contribution in [0.15, 0.2) is 84.9 Å². The molecule has 0 unspecified atom stereocenters. The van der Waals surface area contributed by atoms with Crippen molar-refractivity contribution in [2.24, 2.45) is 5.92 Å². The lowest BCUT2D eigenvalue weighted by Gasteiger charge is -2.38. The van der Waals surface area contributed by atoms with Crippen LogP contribution in [-0.4, -0.2) is 24.5 Å². The van der Waals surface area contributed by atoms with Gasteiger partial charge < -0.3 is 4.74 Å². The van der Waals surface area contributed by atoms with Gasteiger partial charge in [-0.2, -0.15) is 0 Å². The van der Waals surface area contributed by atoms with Crippen molar-refractivity contribution in [3.63, 3.8) is 0 Å². The highest BCUT2D eigenvalue weighted by atomic mass is 16.5. The fourth-order valence-electron chi connectivity index (χ4n) is 4.39. The molecule has 1 heterocycles. The third kappa shape index (κ3) is 4.93. The second-order valence-electron chi connectivity index (χ2n) is 7.77. The third-order valence-corrected chi connectivity index (χ3v) is 5.88. The van der Waals surface area contributed by atoms with Crippen LogP contribution in [0, 0.1) is 5.92 Å². The normalized spacial score (nSPS) is 15.3. The summed E-state index contributed by atoms with van der Waals surface area (Å²) in [7, 11) is 0. The molecular weight excluding hydrogens is 358 g/mol. The molecule has 1 aliphatic heterocycles. The molecule has 3 aromatic carbocycles. The van der Waals surface area contributed by atoms with Gasteiger partial charge in [0.05, 0.1) is 6.04 Å². The lowest BCUT2D eigenvalue weighted by molar-refractivity contribution is -0.120. The molecule has 0 N–H and O–H groups in total. The highest BCUT2D eigenvalue weighted by Gasteiger charge is 2.27. The fraction of sp³-hybridized carbons (Fsp3) is 0.269. The van der Waals surface area contributed by atoms with E-state index >= 15 is 0 Å². The van der Waals surface area contributed by atoms with Crippen molar-refractivity contribution in [1.29, 1.82) is 0 Å². The van der Waals surface area contributed by atoms with E-state index in [0.29, 0.717) is 24.2 Å². The van der Waals surface area contributed by atoms with E-state index in [1.165, 1.54) is 29.5 Å². The van der Waals surface area contributed by atoms with Crippen molar-refractivity contribution < 1.29 is 9.53 Å². The molecule has 0 amide bonds. The van der Waals surface area contributed by atoms with E-state index in [4.69, 9.17) is 4.74 Å². The van der Waals surface area contributed by atoms with Crippen LogP contribution >= 0.6 is 0 Å². The first kappa shape index (κ1) is 19.4. The van der Waals surface area contributed by atoms with Gasteiger partial charge in [-0.05, 0) is 67.1 Å². The van der Waals surface area contributed by atoms with Crippen LogP contribution in [0.1, 0.15) is 35.6 Å². The van der Waals surface area contributed by atoms with Crippen LogP contribution in [0.2, 0.25) is 0 Å². The van der Waals surface area contributed by atoms with Gasteiger partial charge in [0.25, 0.3) is 6.47 Å². The Morgan fingerprint density at radius 1 is 0.828 bits per heavy atom. The molecule has 3 aromatic rings. The number of carbonyl (C=O) groups is 1. The molecule has 0 aliphatic carbocycles. The first-order chi connectivity index (χ1) is 14.3. The Balaban J connectivity index is 1.42. The van der Waals surface area contributed by atoms with Gasteiger partial charge in [-0.1, -0.05) is 72.8 Å². The Bertz CT molecular complexity index is 846. The predicted octanol–water partition coefficient (Wildman–Crippen LogP) is 5.27. The number of ether oxygens (including phenoxy) is 1. The van der Waals surface area contributed by atoms with Gasteiger partial charge in [-0.25, -0.2) is 0 Å². The highest BCUT2D eigenvalue weighted by molar-refractivity contribution is 5.45. The quantitative estimate of drug-likeness (QED) is 0.519. The lowest BCUT2D eigenvalue weighted by Crippen LogP contribution is -2.37. The fourth-order valence-corrected chi connectivity index (χ4v) is 4.39. The maximum absolute atomic E-state index is 10.4. The average molecular weight is 386 g/mol. The molecule has 0 saturated carbocycles. The molecule has 29 heavy (non-hydrogen) atoms. The van der Waals surface area contributed by atoms with E-state index in [0.717, 1.165) is 19.5 Å². The van der Waals surface area contributed by atoms with E-state index in [9.17, 15) is 4.79 Å². The molecule has 0 radical (unpaired) electrons. The maximum atomic E-state index is 10.4. The number of nitrogens with zero attached hydrogens (tertiary/aromatic N) is 1. The summed E-state index contributed by atoms with van der Waals surface area (Å²) in [6.45, 7) is 2.68. The molecule has 148 valence electrons. The molecule has 3 heteroatoms. The minimum Gasteiger partial charge on any atom is -0.429 e. The minimum absolute atomic E-state index is 0.318. The molecule has 0 aromatic heterocycles. The second-order valence-corrected chi connectivity index (χ2v) is 7.77. The Labute approximate surface area is 172 Å². The van der Waals surface area contributed by atoms with E-state index in [1.54, 1.807) is 0 Å². The van der Waals surface area contributed by atoms with Gasteiger partial charge in [0.2, 0.25) is 0 Å². The van der Waals surface area contributed by atoms with Crippen LogP contribution in [0.4, 0.5) is 0 Å². The van der Waals surface area contributed by atoms with Crippen molar-refractivity contribution >= 4 is 6.47 Å². The lowest BCUT2D eigenvalue weighted by atomic mass is 9.87. The van der Waals surface area contributed by atoms with Crippen molar-refractivity contribution in [2.75, 3.05) is 13.1 Å². The summed E-state index contributed by atoms with van der Waals surface area (Å²) in [5.41, 5.74) is 4.04. The number of benzene rings is 3. The van der Waals surface area contributed by atoms with E-state index < -0.39 is 0 Å². The first-order valence-corrected chi connectivity index (χ1v) is 10.4. The van der Waals surface area contributed by atoms with Gasteiger partial charge in [-0.3, -0.25) is 9.69 Å². The molecule has 4 rings (SSSR count). The maximum Gasteiger partial charge on any atom is 0.298 e. The molecule has 0 spiro atoms. The van der Waals surface area contributed by atoms with Gasteiger partial charge in [-0.15, -0.1) is 0 Å². The number of hydrogen-bond acceptors (Lipinski definition) is 3. The Kier molecular flexibility index (Phi) is 6.38. The molecule has 1 saturated heterocycles. The van der Waals surface area contributed by atoms with Crippen molar-refractivity contribution in [3.8, 4) is 5.75 Å². The number of carbonyl (C=O) groups excluding carboxylic acids is 1. The minimum atomic E-state index is 0.318. The number of rotatable bonds is 7. The summed E-state index contributed by atoms with van der Waals surface area (Å²) < 4.78 is 4.89. The number of hydrogen-bond donors (Lipinski definition) is 0. The molecular formula is C26H27NO2. The Hall–Kier alpha value is -2.91. The standard InChI is InChI=1S/C26H27NO2/c28-20-29-25-13-11-21(12-14-25)19-22-15-17-27(18-16-22)26(23-7-3-1-4-8-23)24-9-5-2-6-10-24/h1-14,20,22,26H,15-19H2. The van der Waals surface area contributed by atoms with Crippen molar-refractivity contribution in [3.05, 3.63) is 102 Å². The van der Waals surface area contributed by atoms with Crippen LogP contribution in [0.25, 0.3) is 0 Å². The zero-order chi connectivity index (χ0) is 19.9. The topological polar surface area (TPSA) is 29.5 Å². The van der Waals surface area contributed by atoms with E-state index in [2.05, 4.69) is 77.7 Å². The number of piperidine rings is 1. The smallest absolute Gasteiger partial charge is 0.298 e. The summed E-state index contributed by atoms with van der Waals surface area (Å²) in [4.78, 5) is 13.1.